The van der Waals surface area contributed by atoms with Crippen LogP contribution in [0.1, 0.15) is 39.5 Å². The minimum absolute atomic E-state index is 0.346. The molecule has 0 aromatic rings. The van der Waals surface area contributed by atoms with Crippen LogP contribution in [0.3, 0.4) is 0 Å². The zero-order valence-electron chi connectivity index (χ0n) is 11.2. The number of rotatable bonds is 8. The van der Waals surface area contributed by atoms with Crippen molar-refractivity contribution in [1.82, 2.24) is 10.2 Å². The maximum atomic E-state index is 5.81. The van der Waals surface area contributed by atoms with E-state index in [1.165, 1.54) is 32.2 Å². The summed E-state index contributed by atoms with van der Waals surface area (Å²) in [5.74, 6) is 0. The van der Waals surface area contributed by atoms with Crippen LogP contribution in [-0.2, 0) is 4.74 Å². The fraction of sp³-hybridized carbons (Fsp3) is 1.00. The van der Waals surface area contributed by atoms with Crippen LogP contribution in [0.5, 0.6) is 0 Å². The fourth-order valence-electron chi connectivity index (χ4n) is 2.29. The predicted octanol–water partition coefficient (Wildman–Crippen LogP) is 1.88. The maximum absolute atomic E-state index is 5.81. The van der Waals surface area contributed by atoms with E-state index in [-0.39, 0.29) is 0 Å². The molecule has 1 rings (SSSR count). The maximum Gasteiger partial charge on any atom is 0.0671 e. The molecule has 3 nitrogen and oxygen atoms in total. The Labute approximate surface area is 101 Å². The highest BCUT2D eigenvalue weighted by Crippen LogP contribution is 2.17. The summed E-state index contributed by atoms with van der Waals surface area (Å²) in [5.41, 5.74) is 0. The Morgan fingerprint density at radius 1 is 1.50 bits per heavy atom. The summed E-state index contributed by atoms with van der Waals surface area (Å²) in [6.07, 6.45) is 5.43. The van der Waals surface area contributed by atoms with Gasteiger partial charge in [-0.2, -0.15) is 0 Å². The minimum Gasteiger partial charge on any atom is -0.377 e. The van der Waals surface area contributed by atoms with Gasteiger partial charge in [0.1, 0.15) is 0 Å². The first-order chi connectivity index (χ1) is 7.74. The summed E-state index contributed by atoms with van der Waals surface area (Å²) in [6, 6.07) is 0.760. The van der Waals surface area contributed by atoms with Crippen LogP contribution < -0.4 is 5.32 Å². The van der Waals surface area contributed by atoms with Crippen molar-refractivity contribution >= 4 is 0 Å². The van der Waals surface area contributed by atoms with Crippen molar-refractivity contribution in [2.75, 3.05) is 33.3 Å². The monoisotopic (exact) mass is 228 g/mol. The molecular formula is C13H28N2O. The van der Waals surface area contributed by atoms with E-state index in [1.807, 2.05) is 0 Å². The summed E-state index contributed by atoms with van der Waals surface area (Å²) in [4.78, 5) is 2.46. The molecule has 0 aliphatic carbocycles. The molecule has 96 valence electrons. The van der Waals surface area contributed by atoms with E-state index in [2.05, 4.69) is 31.1 Å². The van der Waals surface area contributed by atoms with Gasteiger partial charge in [0.15, 0.2) is 0 Å². The summed E-state index contributed by atoms with van der Waals surface area (Å²) in [5, 5.41) is 3.39. The van der Waals surface area contributed by atoms with E-state index in [9.17, 15) is 0 Å². The van der Waals surface area contributed by atoms with E-state index in [1.54, 1.807) is 0 Å². The van der Waals surface area contributed by atoms with Crippen molar-refractivity contribution < 1.29 is 4.74 Å². The Hall–Kier alpha value is -0.120. The lowest BCUT2D eigenvalue weighted by Crippen LogP contribution is -2.30. The SMILES string of the molecule is CCCNCC(C)OCCC1CCCN1C. The zero-order chi connectivity index (χ0) is 11.8. The van der Waals surface area contributed by atoms with Gasteiger partial charge >= 0.3 is 0 Å². The Balaban J connectivity index is 1.97. The van der Waals surface area contributed by atoms with Gasteiger partial charge in [0.2, 0.25) is 0 Å². The highest BCUT2D eigenvalue weighted by atomic mass is 16.5. The third kappa shape index (κ3) is 5.28. The van der Waals surface area contributed by atoms with E-state index in [4.69, 9.17) is 4.74 Å². The quantitative estimate of drug-likeness (QED) is 0.642. The Kier molecular flexibility index (Phi) is 7.01. The van der Waals surface area contributed by atoms with E-state index >= 15 is 0 Å². The topological polar surface area (TPSA) is 24.5 Å². The standard InChI is InChI=1S/C13H28N2O/c1-4-8-14-11-12(2)16-10-7-13-6-5-9-15(13)3/h12-14H,4-11H2,1-3H3. The average Bonchev–Trinajstić information content (AvgIpc) is 2.65. The van der Waals surface area contributed by atoms with Crippen LogP contribution in [-0.4, -0.2) is 50.3 Å². The Bertz CT molecular complexity index is 175. The molecule has 1 saturated heterocycles. The lowest BCUT2D eigenvalue weighted by molar-refractivity contribution is 0.0539. The number of nitrogens with one attached hydrogen (secondary N) is 1. The summed E-state index contributed by atoms with van der Waals surface area (Å²) >= 11 is 0. The molecule has 16 heavy (non-hydrogen) atoms. The molecule has 0 saturated carbocycles. The van der Waals surface area contributed by atoms with Crippen molar-refractivity contribution in [3.8, 4) is 0 Å². The molecule has 0 aromatic heterocycles. The highest BCUT2D eigenvalue weighted by molar-refractivity contribution is 4.75. The molecule has 1 heterocycles. The van der Waals surface area contributed by atoms with Crippen molar-refractivity contribution in [3.05, 3.63) is 0 Å². The molecule has 0 aromatic carbocycles. The number of hydrogen-bond acceptors (Lipinski definition) is 3. The van der Waals surface area contributed by atoms with Crippen LogP contribution in [0.15, 0.2) is 0 Å². The normalized spacial score (nSPS) is 23.8. The molecule has 1 aliphatic heterocycles. The molecule has 3 heteroatoms. The van der Waals surface area contributed by atoms with Crippen LogP contribution in [0.2, 0.25) is 0 Å². The zero-order valence-corrected chi connectivity index (χ0v) is 11.2. The van der Waals surface area contributed by atoms with Gasteiger partial charge in [-0.05, 0) is 52.7 Å². The third-order valence-electron chi connectivity index (χ3n) is 3.38. The molecule has 0 spiro atoms. The molecule has 1 aliphatic rings. The fourth-order valence-corrected chi connectivity index (χ4v) is 2.29. The van der Waals surface area contributed by atoms with Crippen molar-refractivity contribution in [1.29, 1.82) is 0 Å². The number of nitrogens with zero attached hydrogens (tertiary/aromatic N) is 1. The second-order valence-corrected chi connectivity index (χ2v) is 4.95. The second kappa shape index (κ2) is 8.04. The first kappa shape index (κ1) is 13.9. The molecule has 0 amide bonds. The smallest absolute Gasteiger partial charge is 0.0671 e. The Morgan fingerprint density at radius 2 is 2.31 bits per heavy atom. The number of ether oxygens (including phenoxy) is 1. The molecule has 0 radical (unpaired) electrons. The van der Waals surface area contributed by atoms with E-state index in [0.717, 1.165) is 25.7 Å². The lowest BCUT2D eigenvalue weighted by Gasteiger charge is -2.20. The van der Waals surface area contributed by atoms with Gasteiger partial charge in [-0.1, -0.05) is 6.92 Å². The first-order valence-electron chi connectivity index (χ1n) is 6.76. The molecule has 2 unspecified atom stereocenters. The van der Waals surface area contributed by atoms with Gasteiger partial charge in [-0.15, -0.1) is 0 Å². The van der Waals surface area contributed by atoms with Crippen LogP contribution >= 0.6 is 0 Å². The Morgan fingerprint density at radius 3 is 2.94 bits per heavy atom. The van der Waals surface area contributed by atoms with Crippen molar-refractivity contribution in [2.24, 2.45) is 0 Å². The number of hydrogen-bond donors (Lipinski definition) is 1. The number of likely N-dealkylation sites (tertiary alicyclic amines) is 1. The van der Waals surface area contributed by atoms with Gasteiger partial charge in [0, 0.05) is 19.2 Å². The third-order valence-corrected chi connectivity index (χ3v) is 3.38. The van der Waals surface area contributed by atoms with Crippen LogP contribution in [0.4, 0.5) is 0 Å². The first-order valence-corrected chi connectivity index (χ1v) is 6.76. The van der Waals surface area contributed by atoms with Crippen LogP contribution in [0, 0.1) is 0 Å². The van der Waals surface area contributed by atoms with Crippen molar-refractivity contribution in [3.63, 3.8) is 0 Å². The van der Waals surface area contributed by atoms with Gasteiger partial charge in [0.05, 0.1) is 6.10 Å². The van der Waals surface area contributed by atoms with E-state index < -0.39 is 0 Å². The van der Waals surface area contributed by atoms with Gasteiger partial charge in [0.25, 0.3) is 0 Å². The highest BCUT2D eigenvalue weighted by Gasteiger charge is 2.20. The average molecular weight is 228 g/mol. The summed E-state index contributed by atoms with van der Waals surface area (Å²) < 4.78 is 5.81. The van der Waals surface area contributed by atoms with Gasteiger partial charge in [-0.3, -0.25) is 0 Å². The molecule has 1 fully saturated rings. The molecule has 2 atom stereocenters. The van der Waals surface area contributed by atoms with Crippen LogP contribution in [0.25, 0.3) is 0 Å². The molecular weight excluding hydrogens is 200 g/mol. The largest absolute Gasteiger partial charge is 0.377 e. The predicted molar refractivity (Wildman–Crippen MR) is 68.8 cm³/mol. The van der Waals surface area contributed by atoms with Gasteiger partial charge in [-0.25, -0.2) is 0 Å². The molecule has 0 bridgehead atoms. The molecule has 1 N–H and O–H groups in total. The lowest BCUT2D eigenvalue weighted by atomic mass is 10.1. The summed E-state index contributed by atoms with van der Waals surface area (Å²) in [6.45, 7) is 8.59. The van der Waals surface area contributed by atoms with Gasteiger partial charge < -0.3 is 15.0 Å². The summed E-state index contributed by atoms with van der Waals surface area (Å²) in [7, 11) is 2.23. The van der Waals surface area contributed by atoms with Crippen molar-refractivity contribution in [2.45, 2.75) is 51.7 Å². The van der Waals surface area contributed by atoms with E-state index in [0.29, 0.717) is 6.10 Å². The second-order valence-electron chi connectivity index (χ2n) is 4.95. The minimum atomic E-state index is 0.346.